The lowest BCUT2D eigenvalue weighted by molar-refractivity contribution is -0.148. The molecule has 0 bridgehead atoms. The van der Waals surface area contributed by atoms with E-state index >= 15 is 0 Å². The van der Waals surface area contributed by atoms with Gasteiger partial charge in [-0.1, -0.05) is 115 Å². The fraction of sp³-hybridized carbons (Fsp3) is 0.646. The molecule has 1 fully saturated rings. The van der Waals surface area contributed by atoms with E-state index in [4.69, 9.17) is 9.47 Å². The van der Waals surface area contributed by atoms with Crippen LogP contribution in [-0.2, 0) is 46.4 Å². The number of likely N-dealkylation sites (tertiary alicyclic amines) is 1. The monoisotopic (exact) mass is 849 g/mol. The first kappa shape index (κ1) is 51.0. The normalized spacial score (nSPS) is 18.2. The van der Waals surface area contributed by atoms with Crippen LogP contribution >= 0.6 is 0 Å². The lowest BCUT2D eigenvalue weighted by Gasteiger charge is -2.41. The van der Waals surface area contributed by atoms with E-state index in [1.165, 1.54) is 0 Å². The zero-order valence-electron chi connectivity index (χ0n) is 39.2. The Bertz CT molecular complexity index is 1700. The number of methoxy groups -OCH3 is 2. The minimum absolute atomic E-state index is 0.00565. The molecule has 61 heavy (non-hydrogen) atoms. The molecule has 1 saturated heterocycles. The first-order chi connectivity index (χ1) is 28.9. The highest BCUT2D eigenvalue weighted by molar-refractivity contribution is 5.90. The van der Waals surface area contributed by atoms with Gasteiger partial charge in [-0.15, -0.1) is 0 Å². The van der Waals surface area contributed by atoms with Gasteiger partial charge in [0.25, 0.3) is 0 Å². The van der Waals surface area contributed by atoms with Gasteiger partial charge < -0.3 is 35.2 Å². The number of hydrogen-bond acceptors (Lipinski definition) is 8. The van der Waals surface area contributed by atoms with E-state index in [2.05, 4.69) is 16.0 Å². The Balaban J connectivity index is 1.79. The van der Waals surface area contributed by atoms with Gasteiger partial charge in [-0.25, -0.2) is 0 Å². The van der Waals surface area contributed by atoms with Crippen LogP contribution in [0, 0.1) is 30.6 Å². The summed E-state index contributed by atoms with van der Waals surface area (Å²) in [4.78, 5) is 75.3. The Hall–Kier alpha value is -4.33. The fourth-order valence-corrected chi connectivity index (χ4v) is 8.79. The zero-order valence-corrected chi connectivity index (χ0v) is 39.2. The van der Waals surface area contributed by atoms with Crippen LogP contribution in [0.1, 0.15) is 90.8 Å². The molecule has 3 rings (SSSR count). The average Bonchev–Trinajstić information content (AvgIpc) is 3.71. The van der Waals surface area contributed by atoms with Crippen molar-refractivity contribution in [3.8, 4) is 0 Å². The molecule has 5 amide bonds. The number of benzene rings is 2. The van der Waals surface area contributed by atoms with Crippen molar-refractivity contribution in [2.75, 3.05) is 41.9 Å². The molecule has 0 aromatic heterocycles. The van der Waals surface area contributed by atoms with Crippen molar-refractivity contribution < 1.29 is 33.4 Å². The maximum absolute atomic E-state index is 14.4. The lowest BCUT2D eigenvalue weighted by Crippen LogP contribution is -2.59. The standard InChI is InChI=1S/C48H76N6O7/c1-14-33(7)43(53(11)48(59)41(30(2)3)51-47(58)42(31(4)5)52(9)10)39(60-12)28-40(55)54-26-18-21-38(54)44(61-13)34(8)45(56)50-37(27-35-19-16-15-17-20-35)46(57)49-29-36-24-22-32(6)23-25-36/h15-17,19-20,22-25,30-31,33-34,37-39,41-44H,14,18,21,26-29H2,1-13H3,(H,49,57)(H,50,56)(H,51,58)/t33-,34+,37-,38-,39+,41-,42-,43-,44+/m0/s1. The SMILES string of the molecule is CC[C@H](C)[C@@H]([C@@H](CC(=O)N1CCC[C@H]1[C@H](OC)[C@@H](C)C(=O)N[C@@H](Cc1ccccc1)C(=O)NCc1ccc(C)cc1)OC)N(C)C(=O)[C@@H](NC(=O)[C@H](C(C)C)N(C)C)C(C)C. The number of aryl methyl sites for hydroxylation is 1. The van der Waals surface area contributed by atoms with Crippen LogP contribution in [-0.4, -0.2) is 129 Å². The van der Waals surface area contributed by atoms with Crippen molar-refractivity contribution in [3.05, 3.63) is 71.3 Å². The number of carbonyl (C=O) groups is 5. The number of nitrogens with zero attached hydrogens (tertiary/aromatic N) is 3. The molecule has 0 radical (unpaired) electrons. The van der Waals surface area contributed by atoms with Gasteiger partial charge in [0.15, 0.2) is 0 Å². The molecule has 1 heterocycles. The molecular weight excluding hydrogens is 773 g/mol. The van der Waals surface area contributed by atoms with Gasteiger partial charge in [-0.05, 0) is 62.7 Å². The summed E-state index contributed by atoms with van der Waals surface area (Å²) in [6.07, 6.45) is 1.10. The van der Waals surface area contributed by atoms with Crippen LogP contribution in [0.15, 0.2) is 54.6 Å². The summed E-state index contributed by atoms with van der Waals surface area (Å²) in [5, 5.41) is 9.06. The number of amides is 5. The van der Waals surface area contributed by atoms with E-state index in [-0.39, 0.29) is 53.7 Å². The van der Waals surface area contributed by atoms with Gasteiger partial charge in [0.05, 0.1) is 42.7 Å². The van der Waals surface area contributed by atoms with Crippen molar-refractivity contribution in [2.45, 2.75) is 136 Å². The van der Waals surface area contributed by atoms with E-state index < -0.39 is 48.3 Å². The van der Waals surface area contributed by atoms with E-state index in [0.29, 0.717) is 25.9 Å². The number of carbonyl (C=O) groups excluding carboxylic acids is 5. The molecule has 13 nitrogen and oxygen atoms in total. The molecule has 1 aliphatic heterocycles. The van der Waals surface area contributed by atoms with Gasteiger partial charge in [0.2, 0.25) is 29.5 Å². The fourth-order valence-electron chi connectivity index (χ4n) is 8.79. The molecule has 9 atom stereocenters. The maximum Gasteiger partial charge on any atom is 0.245 e. The summed E-state index contributed by atoms with van der Waals surface area (Å²) < 4.78 is 12.1. The Morgan fingerprint density at radius 1 is 0.803 bits per heavy atom. The summed E-state index contributed by atoms with van der Waals surface area (Å²) in [6, 6.07) is 14.6. The van der Waals surface area contributed by atoms with E-state index in [1.807, 2.05) is 122 Å². The third kappa shape index (κ3) is 14.1. The molecule has 2 aromatic rings. The second kappa shape index (κ2) is 24.3. The molecule has 2 aromatic carbocycles. The second-order valence-electron chi connectivity index (χ2n) is 17.9. The number of hydrogen-bond donors (Lipinski definition) is 3. The Morgan fingerprint density at radius 2 is 1.44 bits per heavy atom. The highest BCUT2D eigenvalue weighted by Gasteiger charge is 2.43. The molecule has 340 valence electrons. The number of likely N-dealkylation sites (N-methyl/N-ethyl adjacent to an activating group) is 2. The van der Waals surface area contributed by atoms with Gasteiger partial charge in [0.1, 0.15) is 12.1 Å². The molecule has 3 N–H and O–H groups in total. The summed E-state index contributed by atoms with van der Waals surface area (Å²) >= 11 is 0. The quantitative estimate of drug-likeness (QED) is 0.142. The van der Waals surface area contributed by atoms with Gasteiger partial charge in [0, 0.05) is 40.8 Å². The largest absolute Gasteiger partial charge is 0.379 e. The van der Waals surface area contributed by atoms with Crippen LogP contribution in [0.4, 0.5) is 0 Å². The van der Waals surface area contributed by atoms with Crippen molar-refractivity contribution in [1.82, 2.24) is 30.7 Å². The van der Waals surface area contributed by atoms with E-state index in [1.54, 1.807) is 38.0 Å². The predicted octanol–water partition coefficient (Wildman–Crippen LogP) is 4.99. The average molecular weight is 849 g/mol. The molecule has 13 heteroatoms. The molecule has 0 aliphatic carbocycles. The highest BCUT2D eigenvalue weighted by Crippen LogP contribution is 2.30. The first-order valence-electron chi connectivity index (χ1n) is 22.1. The van der Waals surface area contributed by atoms with Crippen LogP contribution in [0.2, 0.25) is 0 Å². The Morgan fingerprint density at radius 3 is 1.98 bits per heavy atom. The maximum atomic E-state index is 14.4. The van der Waals surface area contributed by atoms with Crippen LogP contribution < -0.4 is 16.0 Å². The third-order valence-corrected chi connectivity index (χ3v) is 12.4. The molecule has 1 aliphatic rings. The molecule has 0 spiro atoms. The lowest BCUT2D eigenvalue weighted by atomic mass is 9.89. The van der Waals surface area contributed by atoms with Crippen LogP contribution in [0.3, 0.4) is 0 Å². The van der Waals surface area contributed by atoms with Crippen LogP contribution in [0.5, 0.6) is 0 Å². The van der Waals surface area contributed by atoms with Crippen molar-refractivity contribution in [2.24, 2.45) is 23.7 Å². The second-order valence-corrected chi connectivity index (χ2v) is 17.9. The van der Waals surface area contributed by atoms with Gasteiger partial charge in [-0.3, -0.25) is 28.9 Å². The van der Waals surface area contributed by atoms with Crippen molar-refractivity contribution in [1.29, 1.82) is 0 Å². The molecule has 0 saturated carbocycles. The van der Waals surface area contributed by atoms with E-state index in [0.717, 1.165) is 29.5 Å². The predicted molar refractivity (Wildman–Crippen MR) is 240 cm³/mol. The minimum Gasteiger partial charge on any atom is -0.379 e. The minimum atomic E-state index is -0.838. The molecular formula is C48H76N6O7. The smallest absolute Gasteiger partial charge is 0.245 e. The van der Waals surface area contributed by atoms with Crippen LogP contribution in [0.25, 0.3) is 0 Å². The summed E-state index contributed by atoms with van der Waals surface area (Å²) in [5.41, 5.74) is 2.99. The Labute approximate surface area is 366 Å². The van der Waals surface area contributed by atoms with E-state index in [9.17, 15) is 24.0 Å². The summed E-state index contributed by atoms with van der Waals surface area (Å²) in [6.45, 7) is 16.5. The summed E-state index contributed by atoms with van der Waals surface area (Å²) in [7, 11) is 8.56. The number of nitrogens with one attached hydrogen (secondary N) is 3. The van der Waals surface area contributed by atoms with Crippen molar-refractivity contribution >= 4 is 29.5 Å². The van der Waals surface area contributed by atoms with Gasteiger partial charge in [-0.2, -0.15) is 0 Å². The summed E-state index contributed by atoms with van der Waals surface area (Å²) in [5.74, 6) is -2.13. The molecule has 0 unspecified atom stereocenters. The van der Waals surface area contributed by atoms with Crippen molar-refractivity contribution in [3.63, 3.8) is 0 Å². The highest BCUT2D eigenvalue weighted by atomic mass is 16.5. The number of ether oxygens (including phenoxy) is 2. The number of rotatable bonds is 23. The zero-order chi connectivity index (χ0) is 45.6. The first-order valence-corrected chi connectivity index (χ1v) is 22.1. The third-order valence-electron chi connectivity index (χ3n) is 12.4. The Kier molecular flexibility index (Phi) is 20.4. The van der Waals surface area contributed by atoms with Gasteiger partial charge >= 0.3 is 0 Å². The topological polar surface area (TPSA) is 150 Å².